The van der Waals surface area contributed by atoms with Gasteiger partial charge in [-0.25, -0.2) is 14.1 Å². The van der Waals surface area contributed by atoms with Gasteiger partial charge in [0, 0.05) is 23.9 Å². The Bertz CT molecular complexity index is 1040. The molecule has 1 fully saturated rings. The van der Waals surface area contributed by atoms with Gasteiger partial charge in [-0.1, -0.05) is 17.7 Å². The van der Waals surface area contributed by atoms with Crippen LogP contribution >= 0.6 is 11.6 Å². The van der Waals surface area contributed by atoms with Crippen LogP contribution in [0.2, 0.25) is 5.02 Å². The number of nitrogens with zero attached hydrogens (tertiary/aromatic N) is 2. The summed E-state index contributed by atoms with van der Waals surface area (Å²) in [5.41, 5.74) is 0.359. The number of hydrogen-bond donors (Lipinski definition) is 2. The zero-order valence-electron chi connectivity index (χ0n) is 14.9. The molecule has 1 aliphatic rings. The Morgan fingerprint density at radius 1 is 1.31 bits per heavy atom. The van der Waals surface area contributed by atoms with Crippen molar-refractivity contribution in [3.8, 4) is 0 Å². The maximum absolute atomic E-state index is 13.4. The summed E-state index contributed by atoms with van der Waals surface area (Å²) in [6.45, 7) is 1.29. The maximum Gasteiger partial charge on any atom is 0.328 e. The number of benzene rings is 2. The number of nitro groups is 1. The van der Waals surface area contributed by atoms with Gasteiger partial charge in [-0.2, -0.15) is 0 Å². The smallest absolute Gasteiger partial charge is 0.328 e. The van der Waals surface area contributed by atoms with Crippen LogP contribution in [-0.2, 0) is 9.59 Å². The van der Waals surface area contributed by atoms with Gasteiger partial charge in [0.1, 0.15) is 11.7 Å². The van der Waals surface area contributed by atoms with Crippen LogP contribution in [0.1, 0.15) is 5.56 Å². The lowest BCUT2D eigenvalue weighted by molar-refractivity contribution is -0.385. The zero-order valence-corrected chi connectivity index (χ0v) is 15.7. The van der Waals surface area contributed by atoms with Gasteiger partial charge < -0.3 is 10.6 Å². The summed E-state index contributed by atoms with van der Waals surface area (Å²) in [4.78, 5) is 48.6. The summed E-state index contributed by atoms with van der Waals surface area (Å²) < 4.78 is 13.4. The number of carbonyl (C=O) groups is 3. The molecule has 1 saturated heterocycles. The first-order chi connectivity index (χ1) is 13.7. The fourth-order valence-electron chi connectivity index (χ4n) is 2.80. The van der Waals surface area contributed by atoms with Crippen LogP contribution in [0.15, 0.2) is 36.4 Å². The van der Waals surface area contributed by atoms with Gasteiger partial charge in [-0.3, -0.25) is 19.7 Å². The molecule has 9 nitrogen and oxygen atoms in total. The zero-order chi connectivity index (χ0) is 21.3. The number of nitro benzene ring substituents is 1. The van der Waals surface area contributed by atoms with E-state index in [1.807, 2.05) is 0 Å². The van der Waals surface area contributed by atoms with Gasteiger partial charge >= 0.3 is 6.03 Å². The number of anilines is 2. The molecule has 0 radical (unpaired) electrons. The van der Waals surface area contributed by atoms with Crippen molar-refractivity contribution < 1.29 is 23.7 Å². The summed E-state index contributed by atoms with van der Waals surface area (Å²) in [6, 6.07) is 6.59. The minimum atomic E-state index is -1.29. The number of rotatable bonds is 4. The third-order valence-electron chi connectivity index (χ3n) is 4.33. The quantitative estimate of drug-likeness (QED) is 0.447. The van der Waals surface area contributed by atoms with Crippen LogP contribution in [0.5, 0.6) is 0 Å². The summed E-state index contributed by atoms with van der Waals surface area (Å²) in [6.07, 6.45) is 0. The molecule has 1 heterocycles. The molecule has 0 spiro atoms. The first kappa shape index (κ1) is 20.2. The lowest BCUT2D eigenvalue weighted by atomic mass is 10.0. The van der Waals surface area contributed by atoms with Crippen molar-refractivity contribution in [3.05, 3.63) is 62.9 Å². The second kappa shape index (κ2) is 7.84. The average Bonchev–Trinajstić information content (AvgIpc) is 2.66. The molecule has 0 saturated carbocycles. The normalized spacial score (nSPS) is 16.4. The van der Waals surface area contributed by atoms with Gasteiger partial charge in [0.15, 0.2) is 0 Å². The molecule has 2 N–H and O–H groups in total. The van der Waals surface area contributed by atoms with Crippen molar-refractivity contribution >= 4 is 46.5 Å². The van der Waals surface area contributed by atoms with E-state index in [0.717, 1.165) is 12.1 Å². The van der Waals surface area contributed by atoms with Gasteiger partial charge in [-0.15, -0.1) is 0 Å². The Kier molecular flexibility index (Phi) is 5.46. The van der Waals surface area contributed by atoms with Crippen LogP contribution in [-0.4, -0.2) is 29.3 Å². The van der Waals surface area contributed by atoms with Crippen molar-refractivity contribution in [2.45, 2.75) is 6.92 Å². The van der Waals surface area contributed by atoms with Gasteiger partial charge in [0.05, 0.1) is 15.6 Å². The molecular weight excluding hydrogens is 407 g/mol. The van der Waals surface area contributed by atoms with Gasteiger partial charge in [0.2, 0.25) is 11.8 Å². The molecule has 1 unspecified atom stereocenters. The van der Waals surface area contributed by atoms with E-state index in [2.05, 4.69) is 10.6 Å². The maximum atomic E-state index is 13.4. The predicted octanol–water partition coefficient (Wildman–Crippen LogP) is 3.01. The summed E-state index contributed by atoms with van der Waals surface area (Å²) in [5.74, 6) is -3.62. The van der Waals surface area contributed by atoms with E-state index < -0.39 is 34.5 Å². The van der Waals surface area contributed by atoms with Gasteiger partial charge in [0.25, 0.3) is 5.69 Å². The standard InChI is InChI=1S/C18H14ClFN4O5/c1-9-2-3-10(6-15(9)24(28)29)22-16(25)12-8-21-18(27)23(17(12)26)11-4-5-14(20)13(19)7-11/h2-7,12H,8H2,1H3,(H,21,27)(H,22,25). The molecule has 0 bridgehead atoms. The number of imide groups is 1. The van der Waals surface area contributed by atoms with Crippen LogP contribution in [0.25, 0.3) is 0 Å². The van der Waals surface area contributed by atoms with Crippen molar-refractivity contribution in [3.63, 3.8) is 0 Å². The number of amides is 4. The van der Waals surface area contributed by atoms with E-state index in [4.69, 9.17) is 11.6 Å². The van der Waals surface area contributed by atoms with Crippen molar-refractivity contribution in [2.24, 2.45) is 5.92 Å². The van der Waals surface area contributed by atoms with E-state index in [0.29, 0.717) is 10.5 Å². The second-order valence-corrected chi connectivity index (χ2v) is 6.67. The number of carbonyl (C=O) groups excluding carboxylic acids is 3. The molecule has 0 aliphatic carbocycles. The third-order valence-corrected chi connectivity index (χ3v) is 4.62. The van der Waals surface area contributed by atoms with Crippen LogP contribution in [0, 0.1) is 28.8 Å². The van der Waals surface area contributed by atoms with Crippen LogP contribution in [0.3, 0.4) is 0 Å². The molecule has 11 heteroatoms. The molecule has 29 heavy (non-hydrogen) atoms. The summed E-state index contributed by atoms with van der Waals surface area (Å²) in [5, 5.41) is 15.6. The van der Waals surface area contributed by atoms with E-state index in [9.17, 15) is 28.9 Å². The topological polar surface area (TPSA) is 122 Å². The number of nitrogens with one attached hydrogen (secondary N) is 2. The second-order valence-electron chi connectivity index (χ2n) is 6.26. The van der Waals surface area contributed by atoms with E-state index in [1.165, 1.54) is 24.3 Å². The fourth-order valence-corrected chi connectivity index (χ4v) is 2.97. The molecule has 150 valence electrons. The van der Waals surface area contributed by atoms with E-state index in [1.54, 1.807) is 6.92 Å². The van der Waals surface area contributed by atoms with E-state index in [-0.39, 0.29) is 28.6 Å². The SMILES string of the molecule is Cc1ccc(NC(=O)C2CNC(=O)N(c3ccc(F)c(Cl)c3)C2=O)cc1[N+](=O)[O-]. The van der Waals surface area contributed by atoms with Gasteiger partial charge in [-0.05, 0) is 31.2 Å². The summed E-state index contributed by atoms with van der Waals surface area (Å²) in [7, 11) is 0. The number of halogens is 2. The fraction of sp³-hybridized carbons (Fsp3) is 0.167. The minimum Gasteiger partial charge on any atom is -0.336 e. The van der Waals surface area contributed by atoms with Crippen molar-refractivity contribution in [2.75, 3.05) is 16.8 Å². The first-order valence-electron chi connectivity index (χ1n) is 8.32. The Labute approximate surface area is 168 Å². The lowest BCUT2D eigenvalue weighted by Crippen LogP contribution is -2.58. The largest absolute Gasteiger partial charge is 0.336 e. The number of aryl methyl sites for hydroxylation is 1. The predicted molar refractivity (Wildman–Crippen MR) is 102 cm³/mol. The average molecular weight is 421 g/mol. The summed E-state index contributed by atoms with van der Waals surface area (Å²) >= 11 is 5.71. The lowest BCUT2D eigenvalue weighted by Gasteiger charge is -2.30. The molecule has 2 aromatic carbocycles. The first-order valence-corrected chi connectivity index (χ1v) is 8.69. The molecule has 4 amide bonds. The number of urea groups is 1. The van der Waals surface area contributed by atoms with Crippen LogP contribution in [0.4, 0.5) is 26.2 Å². The Balaban J connectivity index is 1.83. The Morgan fingerprint density at radius 2 is 2.03 bits per heavy atom. The minimum absolute atomic E-state index is 0.00220. The molecule has 2 aromatic rings. The molecule has 1 aliphatic heterocycles. The van der Waals surface area contributed by atoms with E-state index >= 15 is 0 Å². The molecule has 3 rings (SSSR count). The van der Waals surface area contributed by atoms with Crippen LogP contribution < -0.4 is 15.5 Å². The highest BCUT2D eigenvalue weighted by atomic mass is 35.5. The highest BCUT2D eigenvalue weighted by Crippen LogP contribution is 2.27. The Morgan fingerprint density at radius 3 is 2.69 bits per heavy atom. The molecule has 0 aromatic heterocycles. The molecular formula is C18H14ClFN4O5. The highest BCUT2D eigenvalue weighted by Gasteiger charge is 2.39. The monoisotopic (exact) mass is 420 g/mol. The molecule has 1 atom stereocenters. The third kappa shape index (κ3) is 4.02. The van der Waals surface area contributed by atoms with Crippen molar-refractivity contribution in [1.29, 1.82) is 0 Å². The highest BCUT2D eigenvalue weighted by molar-refractivity contribution is 6.31. The van der Waals surface area contributed by atoms with Crippen molar-refractivity contribution in [1.82, 2.24) is 5.32 Å². The number of hydrogen-bond acceptors (Lipinski definition) is 5. The Hall–Kier alpha value is -3.53.